The largest absolute Gasteiger partial charge is 0.399 e. The second-order valence-electron chi connectivity index (χ2n) is 4.25. The molecule has 4 nitrogen and oxygen atoms in total. The Kier molecular flexibility index (Phi) is 2.40. The van der Waals surface area contributed by atoms with Gasteiger partial charge in [0.1, 0.15) is 12.1 Å². The predicted molar refractivity (Wildman–Crippen MR) is 68.2 cm³/mol. The average Bonchev–Trinajstić information content (AvgIpc) is 2.81. The predicted octanol–water partition coefficient (Wildman–Crippen LogP) is 2.29. The van der Waals surface area contributed by atoms with E-state index in [9.17, 15) is 0 Å². The molecule has 2 aromatic rings. The number of nitrogens with zero attached hydrogens (tertiary/aromatic N) is 2. The van der Waals surface area contributed by atoms with Crippen LogP contribution in [0.15, 0.2) is 30.6 Å². The molecule has 1 aromatic heterocycles. The molecule has 4 heteroatoms. The van der Waals surface area contributed by atoms with E-state index >= 15 is 0 Å². The normalized spacial score (nSPS) is 13.4. The van der Waals surface area contributed by atoms with Crippen molar-refractivity contribution in [2.24, 2.45) is 0 Å². The van der Waals surface area contributed by atoms with E-state index in [0.717, 1.165) is 30.0 Å². The highest BCUT2D eigenvalue weighted by Gasteiger charge is 2.16. The van der Waals surface area contributed by atoms with Crippen LogP contribution < -0.4 is 11.1 Å². The van der Waals surface area contributed by atoms with Crippen LogP contribution in [0.2, 0.25) is 0 Å². The lowest BCUT2D eigenvalue weighted by atomic mass is 10.2. The lowest BCUT2D eigenvalue weighted by molar-refractivity contribution is 0.899. The molecule has 0 amide bonds. The van der Waals surface area contributed by atoms with Crippen molar-refractivity contribution in [2.75, 3.05) is 11.1 Å². The summed E-state index contributed by atoms with van der Waals surface area (Å²) in [6.07, 6.45) is 4.93. The Morgan fingerprint density at radius 1 is 1.06 bits per heavy atom. The van der Waals surface area contributed by atoms with E-state index in [1.54, 1.807) is 6.33 Å². The van der Waals surface area contributed by atoms with Gasteiger partial charge in [-0.2, -0.15) is 0 Å². The Bertz CT molecular complexity index is 534. The minimum Gasteiger partial charge on any atom is -0.399 e. The van der Waals surface area contributed by atoms with Gasteiger partial charge in [-0.3, -0.25) is 0 Å². The molecule has 17 heavy (non-hydrogen) atoms. The van der Waals surface area contributed by atoms with Crippen LogP contribution >= 0.6 is 0 Å². The second-order valence-corrected chi connectivity index (χ2v) is 4.25. The van der Waals surface area contributed by atoms with Crippen LogP contribution in [0, 0.1) is 0 Å². The molecular weight excluding hydrogens is 212 g/mol. The van der Waals surface area contributed by atoms with Crippen molar-refractivity contribution in [2.45, 2.75) is 19.3 Å². The van der Waals surface area contributed by atoms with Crippen LogP contribution in [0.3, 0.4) is 0 Å². The number of fused-ring (bicyclic) bond motifs is 1. The number of rotatable bonds is 2. The van der Waals surface area contributed by atoms with E-state index in [4.69, 9.17) is 5.73 Å². The summed E-state index contributed by atoms with van der Waals surface area (Å²) in [7, 11) is 0. The number of nitrogen functional groups attached to an aromatic ring is 1. The smallest absolute Gasteiger partial charge is 0.137 e. The second kappa shape index (κ2) is 4.05. The number of benzene rings is 1. The van der Waals surface area contributed by atoms with Crippen molar-refractivity contribution >= 4 is 17.2 Å². The molecule has 3 rings (SSSR count). The van der Waals surface area contributed by atoms with Gasteiger partial charge in [0.25, 0.3) is 0 Å². The first-order valence-electron chi connectivity index (χ1n) is 5.78. The Morgan fingerprint density at radius 3 is 2.71 bits per heavy atom. The highest BCUT2D eigenvalue weighted by Crippen LogP contribution is 2.27. The molecule has 0 atom stereocenters. The summed E-state index contributed by atoms with van der Waals surface area (Å²) in [5.74, 6) is 0.928. The van der Waals surface area contributed by atoms with Gasteiger partial charge < -0.3 is 11.1 Å². The van der Waals surface area contributed by atoms with Crippen molar-refractivity contribution in [3.05, 3.63) is 41.9 Å². The molecule has 0 fully saturated rings. The van der Waals surface area contributed by atoms with Gasteiger partial charge in [-0.25, -0.2) is 9.97 Å². The fourth-order valence-electron chi connectivity index (χ4n) is 2.17. The van der Waals surface area contributed by atoms with Crippen molar-refractivity contribution in [1.29, 1.82) is 0 Å². The zero-order valence-corrected chi connectivity index (χ0v) is 9.48. The summed E-state index contributed by atoms with van der Waals surface area (Å²) in [5, 5.41) is 3.32. The van der Waals surface area contributed by atoms with Crippen molar-refractivity contribution in [3.63, 3.8) is 0 Å². The molecule has 1 aliphatic carbocycles. The first-order valence-corrected chi connectivity index (χ1v) is 5.78. The lowest BCUT2D eigenvalue weighted by Gasteiger charge is -2.09. The summed E-state index contributed by atoms with van der Waals surface area (Å²) >= 11 is 0. The number of aromatic nitrogens is 2. The third-order valence-electron chi connectivity index (χ3n) is 3.05. The van der Waals surface area contributed by atoms with Gasteiger partial charge in [-0.15, -0.1) is 0 Å². The van der Waals surface area contributed by atoms with Gasteiger partial charge in [0.2, 0.25) is 0 Å². The maximum absolute atomic E-state index is 5.66. The quantitative estimate of drug-likeness (QED) is 0.771. The number of nitrogens with two attached hydrogens (primary N) is 1. The van der Waals surface area contributed by atoms with Gasteiger partial charge in [0.15, 0.2) is 0 Å². The van der Waals surface area contributed by atoms with Crippen LogP contribution in [-0.2, 0) is 12.8 Å². The SMILES string of the molecule is Nc1ccc(Nc2ncnc3c2CCC3)cc1. The summed E-state index contributed by atoms with van der Waals surface area (Å²) in [6, 6.07) is 7.67. The van der Waals surface area contributed by atoms with Gasteiger partial charge in [-0.05, 0) is 43.5 Å². The highest BCUT2D eigenvalue weighted by atomic mass is 15.0. The third kappa shape index (κ3) is 1.93. The first-order chi connectivity index (χ1) is 8.33. The van der Waals surface area contributed by atoms with Crippen LogP contribution in [0.5, 0.6) is 0 Å². The fraction of sp³-hybridized carbons (Fsp3) is 0.231. The number of aryl methyl sites for hydroxylation is 1. The minimum atomic E-state index is 0.767. The molecule has 0 saturated carbocycles. The molecule has 1 aromatic carbocycles. The Hall–Kier alpha value is -2.10. The number of nitrogens with one attached hydrogen (secondary N) is 1. The molecule has 1 heterocycles. The maximum atomic E-state index is 5.66. The zero-order valence-electron chi connectivity index (χ0n) is 9.48. The number of anilines is 3. The van der Waals surface area contributed by atoms with E-state index in [-0.39, 0.29) is 0 Å². The summed E-state index contributed by atoms with van der Waals surface area (Å²) in [5.41, 5.74) is 9.86. The number of hydrogen-bond donors (Lipinski definition) is 2. The van der Waals surface area contributed by atoms with E-state index in [1.807, 2.05) is 24.3 Å². The molecule has 0 radical (unpaired) electrons. The molecule has 0 unspecified atom stereocenters. The van der Waals surface area contributed by atoms with Crippen LogP contribution in [0.4, 0.5) is 17.2 Å². The third-order valence-corrected chi connectivity index (χ3v) is 3.05. The Balaban J connectivity index is 1.91. The molecule has 1 aliphatic rings. The standard InChI is InChI=1S/C13H14N4/c14-9-4-6-10(7-5-9)17-13-11-2-1-3-12(11)15-8-16-13/h4-8H,1-3,14H2,(H,15,16,17). The summed E-state index contributed by atoms with van der Waals surface area (Å²) in [4.78, 5) is 8.62. The lowest BCUT2D eigenvalue weighted by Crippen LogP contribution is -2.00. The van der Waals surface area contributed by atoms with Crippen molar-refractivity contribution in [1.82, 2.24) is 9.97 Å². The molecule has 86 valence electrons. The van der Waals surface area contributed by atoms with Crippen LogP contribution in [-0.4, -0.2) is 9.97 Å². The van der Waals surface area contributed by atoms with E-state index in [0.29, 0.717) is 0 Å². The highest BCUT2D eigenvalue weighted by molar-refractivity contribution is 5.62. The van der Waals surface area contributed by atoms with E-state index in [2.05, 4.69) is 15.3 Å². The van der Waals surface area contributed by atoms with Crippen molar-refractivity contribution in [3.8, 4) is 0 Å². The van der Waals surface area contributed by atoms with Crippen LogP contribution in [0.1, 0.15) is 17.7 Å². The average molecular weight is 226 g/mol. The summed E-state index contributed by atoms with van der Waals surface area (Å²) < 4.78 is 0. The van der Waals surface area contributed by atoms with Gasteiger partial charge in [0.05, 0.1) is 0 Å². The molecule has 0 aliphatic heterocycles. The zero-order chi connectivity index (χ0) is 11.7. The van der Waals surface area contributed by atoms with Gasteiger partial charge in [0, 0.05) is 22.6 Å². The van der Waals surface area contributed by atoms with Gasteiger partial charge in [-0.1, -0.05) is 0 Å². The fourth-order valence-corrected chi connectivity index (χ4v) is 2.17. The molecule has 3 N–H and O–H groups in total. The van der Waals surface area contributed by atoms with Crippen molar-refractivity contribution < 1.29 is 0 Å². The Labute approximate surface area is 99.9 Å². The molecular formula is C13H14N4. The Morgan fingerprint density at radius 2 is 1.88 bits per heavy atom. The topological polar surface area (TPSA) is 63.8 Å². The molecule has 0 bridgehead atoms. The monoisotopic (exact) mass is 226 g/mol. The molecule has 0 spiro atoms. The van der Waals surface area contributed by atoms with E-state index in [1.165, 1.54) is 17.7 Å². The van der Waals surface area contributed by atoms with E-state index < -0.39 is 0 Å². The van der Waals surface area contributed by atoms with Crippen LogP contribution in [0.25, 0.3) is 0 Å². The maximum Gasteiger partial charge on any atom is 0.137 e. The minimum absolute atomic E-state index is 0.767. The molecule has 0 saturated heterocycles. The summed E-state index contributed by atoms with van der Waals surface area (Å²) in [6.45, 7) is 0. The number of hydrogen-bond acceptors (Lipinski definition) is 4. The first kappa shape index (κ1) is 10.1. The van der Waals surface area contributed by atoms with Gasteiger partial charge >= 0.3 is 0 Å².